The van der Waals surface area contributed by atoms with E-state index < -0.39 is 13.4 Å². The first-order valence-electron chi connectivity index (χ1n) is 4.69. The molecule has 0 radical (unpaired) electrons. The van der Waals surface area contributed by atoms with Crippen molar-refractivity contribution in [2.75, 3.05) is 20.3 Å². The van der Waals surface area contributed by atoms with E-state index in [9.17, 15) is 4.57 Å². The normalized spacial score (nSPS) is 14.9. The zero-order chi connectivity index (χ0) is 11.0. The Hall–Kier alpha value is -0.150. The van der Waals surface area contributed by atoms with Crippen LogP contribution in [0, 0.1) is 0 Å². The summed E-state index contributed by atoms with van der Waals surface area (Å²) in [4.78, 5) is 0. The third-order valence-electron chi connectivity index (χ3n) is 1.53. The van der Waals surface area contributed by atoms with E-state index in [2.05, 4.69) is 0 Å². The van der Waals surface area contributed by atoms with Crippen LogP contribution in [0.5, 0.6) is 0 Å². The molecule has 0 heterocycles. The molecule has 0 rings (SSSR count). The predicted molar refractivity (Wildman–Crippen MR) is 56.5 cm³/mol. The second-order valence-corrected chi connectivity index (χ2v) is 4.63. The van der Waals surface area contributed by atoms with Gasteiger partial charge in [0.05, 0.1) is 13.2 Å². The lowest BCUT2D eigenvalue weighted by atomic mass is 10.5. The summed E-state index contributed by atoms with van der Waals surface area (Å²) in [5, 5.41) is 0. The second kappa shape index (κ2) is 7.18. The zero-order valence-electron chi connectivity index (χ0n) is 9.23. The smallest absolute Gasteiger partial charge is 0.363 e. The van der Waals surface area contributed by atoms with Crippen molar-refractivity contribution in [2.24, 2.45) is 0 Å². The summed E-state index contributed by atoms with van der Waals surface area (Å²) in [5.41, 5.74) is 0. The molecule has 5 heteroatoms. The summed E-state index contributed by atoms with van der Waals surface area (Å²) in [7, 11) is -1.67. The molecule has 1 atom stereocenters. The fourth-order valence-corrected chi connectivity index (χ4v) is 2.75. The van der Waals surface area contributed by atoms with E-state index in [1.54, 1.807) is 26.0 Å². The first kappa shape index (κ1) is 13.8. The maximum atomic E-state index is 12.1. The number of allylic oxidation sites excluding steroid dienone is 1. The third kappa shape index (κ3) is 3.93. The van der Waals surface area contributed by atoms with Crippen LogP contribution in [-0.2, 0) is 18.3 Å². The van der Waals surface area contributed by atoms with E-state index in [-0.39, 0.29) is 0 Å². The van der Waals surface area contributed by atoms with Crippen molar-refractivity contribution in [1.82, 2.24) is 0 Å². The SMILES string of the molecule is C/C=C/C(OC)P(=O)(OCC)OCC. The lowest BCUT2D eigenvalue weighted by molar-refractivity contribution is 0.133. The highest BCUT2D eigenvalue weighted by molar-refractivity contribution is 7.54. The van der Waals surface area contributed by atoms with Gasteiger partial charge in [0.25, 0.3) is 0 Å². The first-order chi connectivity index (χ1) is 6.64. The van der Waals surface area contributed by atoms with E-state index in [1.807, 2.05) is 6.92 Å². The van der Waals surface area contributed by atoms with Crippen molar-refractivity contribution in [1.29, 1.82) is 0 Å². The summed E-state index contributed by atoms with van der Waals surface area (Å²) < 4.78 is 27.4. The van der Waals surface area contributed by atoms with Gasteiger partial charge in [-0.1, -0.05) is 6.08 Å². The van der Waals surface area contributed by atoms with Gasteiger partial charge >= 0.3 is 7.60 Å². The van der Waals surface area contributed by atoms with Gasteiger partial charge in [-0.2, -0.15) is 0 Å². The van der Waals surface area contributed by atoms with Crippen molar-refractivity contribution in [2.45, 2.75) is 26.6 Å². The van der Waals surface area contributed by atoms with E-state index in [4.69, 9.17) is 13.8 Å². The summed E-state index contributed by atoms with van der Waals surface area (Å²) in [5.74, 6) is -0.618. The van der Waals surface area contributed by atoms with Crippen LogP contribution in [0.25, 0.3) is 0 Å². The summed E-state index contributed by atoms with van der Waals surface area (Å²) in [6, 6.07) is 0. The topological polar surface area (TPSA) is 44.8 Å². The van der Waals surface area contributed by atoms with Gasteiger partial charge in [0.2, 0.25) is 0 Å². The molecule has 0 saturated heterocycles. The molecule has 0 aliphatic heterocycles. The van der Waals surface area contributed by atoms with Gasteiger partial charge < -0.3 is 13.8 Å². The Bertz CT molecular complexity index is 205. The molecule has 0 aliphatic carbocycles. The lowest BCUT2D eigenvalue weighted by Crippen LogP contribution is -2.13. The molecule has 0 amide bonds. The maximum Gasteiger partial charge on any atom is 0.363 e. The Morgan fingerprint density at radius 2 is 1.79 bits per heavy atom. The minimum atomic E-state index is -3.16. The standard InChI is InChI=1S/C9H19O4P/c1-5-8-9(11-4)14(10,12-6-2)13-7-3/h5,8-9H,6-7H2,1-4H3/b8-5+. The number of hydrogen-bond donors (Lipinski definition) is 0. The van der Waals surface area contributed by atoms with Crippen LogP contribution >= 0.6 is 7.60 Å². The van der Waals surface area contributed by atoms with Gasteiger partial charge in [0.15, 0.2) is 5.85 Å². The summed E-state index contributed by atoms with van der Waals surface area (Å²) in [6.07, 6.45) is 3.44. The molecule has 0 aromatic heterocycles. The van der Waals surface area contributed by atoms with E-state index >= 15 is 0 Å². The molecule has 1 unspecified atom stereocenters. The molecule has 0 aromatic carbocycles. The molecule has 0 spiro atoms. The van der Waals surface area contributed by atoms with Crippen LogP contribution in [0.15, 0.2) is 12.2 Å². The molecule has 0 aromatic rings. The van der Waals surface area contributed by atoms with E-state index in [1.165, 1.54) is 7.11 Å². The van der Waals surface area contributed by atoms with Crippen LogP contribution in [0.3, 0.4) is 0 Å². The van der Waals surface area contributed by atoms with Gasteiger partial charge in [0, 0.05) is 7.11 Å². The fraction of sp³-hybridized carbons (Fsp3) is 0.778. The Labute approximate surface area is 85.8 Å². The number of methoxy groups -OCH3 is 1. The molecule has 0 bridgehead atoms. The highest BCUT2D eigenvalue weighted by atomic mass is 31.2. The first-order valence-corrected chi connectivity index (χ1v) is 6.30. The number of hydrogen-bond acceptors (Lipinski definition) is 4. The molecule has 0 fully saturated rings. The van der Waals surface area contributed by atoms with Crippen LogP contribution in [0.1, 0.15) is 20.8 Å². The number of ether oxygens (including phenoxy) is 1. The monoisotopic (exact) mass is 222 g/mol. The Morgan fingerprint density at radius 1 is 1.29 bits per heavy atom. The van der Waals surface area contributed by atoms with E-state index in [0.29, 0.717) is 13.2 Å². The van der Waals surface area contributed by atoms with Crippen LogP contribution in [0.4, 0.5) is 0 Å². The van der Waals surface area contributed by atoms with Gasteiger partial charge in [-0.25, -0.2) is 0 Å². The molecule has 14 heavy (non-hydrogen) atoms. The Kier molecular flexibility index (Phi) is 7.11. The average Bonchev–Trinajstić information content (AvgIpc) is 2.14. The highest BCUT2D eigenvalue weighted by Gasteiger charge is 2.33. The van der Waals surface area contributed by atoms with Crippen molar-refractivity contribution < 1.29 is 18.3 Å². The maximum absolute atomic E-state index is 12.1. The largest absolute Gasteiger partial charge is 0.365 e. The van der Waals surface area contributed by atoms with E-state index in [0.717, 1.165) is 0 Å². The molecule has 0 saturated carbocycles. The van der Waals surface area contributed by atoms with Crippen molar-refractivity contribution >= 4 is 7.60 Å². The molecular weight excluding hydrogens is 203 g/mol. The Balaban J connectivity index is 4.66. The zero-order valence-corrected chi connectivity index (χ0v) is 10.1. The minimum Gasteiger partial charge on any atom is -0.365 e. The Morgan fingerprint density at radius 3 is 2.07 bits per heavy atom. The molecular formula is C9H19O4P. The quantitative estimate of drug-likeness (QED) is 0.490. The van der Waals surface area contributed by atoms with Crippen LogP contribution in [0.2, 0.25) is 0 Å². The lowest BCUT2D eigenvalue weighted by Gasteiger charge is -2.22. The third-order valence-corrected chi connectivity index (χ3v) is 3.77. The average molecular weight is 222 g/mol. The van der Waals surface area contributed by atoms with Crippen molar-refractivity contribution in [3.8, 4) is 0 Å². The summed E-state index contributed by atoms with van der Waals surface area (Å²) >= 11 is 0. The predicted octanol–water partition coefficient (Wildman–Crippen LogP) is 2.80. The number of rotatable bonds is 7. The molecule has 4 nitrogen and oxygen atoms in total. The van der Waals surface area contributed by atoms with Crippen molar-refractivity contribution in [3.63, 3.8) is 0 Å². The van der Waals surface area contributed by atoms with Gasteiger partial charge in [-0.15, -0.1) is 0 Å². The second-order valence-electron chi connectivity index (χ2n) is 2.53. The molecule has 0 aliphatic rings. The van der Waals surface area contributed by atoms with Gasteiger partial charge in [0.1, 0.15) is 0 Å². The minimum absolute atomic E-state index is 0.342. The fourth-order valence-electron chi connectivity index (χ4n) is 1.02. The van der Waals surface area contributed by atoms with Gasteiger partial charge in [-0.05, 0) is 26.8 Å². The van der Waals surface area contributed by atoms with Crippen molar-refractivity contribution in [3.05, 3.63) is 12.2 Å². The molecule has 0 N–H and O–H groups in total. The van der Waals surface area contributed by atoms with Crippen LogP contribution in [-0.4, -0.2) is 26.2 Å². The highest BCUT2D eigenvalue weighted by Crippen LogP contribution is 2.53. The summed E-state index contributed by atoms with van der Waals surface area (Å²) in [6.45, 7) is 6.06. The molecule has 84 valence electrons. The van der Waals surface area contributed by atoms with Crippen LogP contribution < -0.4 is 0 Å². The van der Waals surface area contributed by atoms with Gasteiger partial charge in [-0.3, -0.25) is 4.57 Å².